The molecule has 2 unspecified atom stereocenters. The van der Waals surface area contributed by atoms with Gasteiger partial charge in [0, 0.05) is 16.7 Å². The van der Waals surface area contributed by atoms with Crippen molar-refractivity contribution < 1.29 is 28.9 Å². The Labute approximate surface area is 204 Å². The fourth-order valence-electron chi connectivity index (χ4n) is 3.79. The van der Waals surface area contributed by atoms with Crippen LogP contribution in [0.5, 0.6) is 5.75 Å². The molecule has 0 aromatic heterocycles. The molecule has 0 saturated carbocycles. The molecular formula is C27H26N2O6. The molecule has 1 saturated heterocycles. The van der Waals surface area contributed by atoms with Crippen LogP contribution in [0.4, 0.5) is 0 Å². The Bertz CT molecular complexity index is 1180. The van der Waals surface area contributed by atoms with Gasteiger partial charge in [-0.15, -0.1) is 6.42 Å². The number of carbonyl (C=O) groups is 2. The molecule has 0 aliphatic carbocycles. The topological polar surface area (TPSA) is 118 Å². The molecule has 0 bridgehead atoms. The number of amides is 1. The molecule has 1 amide bonds. The molecule has 8 heteroatoms. The molecular weight excluding hydrogens is 448 g/mol. The van der Waals surface area contributed by atoms with E-state index in [4.69, 9.17) is 25.9 Å². The number of hydrogen-bond donors (Lipinski definition) is 2. The Balaban J connectivity index is 1.60. The number of rotatable bonds is 7. The van der Waals surface area contributed by atoms with E-state index in [9.17, 15) is 14.7 Å². The third kappa shape index (κ3) is 6.55. The van der Waals surface area contributed by atoms with Crippen LogP contribution in [0, 0.1) is 29.6 Å². The lowest BCUT2D eigenvalue weighted by Gasteiger charge is -2.25. The third-order valence-electron chi connectivity index (χ3n) is 5.57. The van der Waals surface area contributed by atoms with E-state index in [1.807, 2.05) is 13.0 Å². The van der Waals surface area contributed by atoms with Crippen molar-refractivity contribution in [2.24, 2.45) is 5.92 Å². The summed E-state index contributed by atoms with van der Waals surface area (Å²) in [5.74, 6) is 1.89. The Hall–Kier alpha value is -4.43. The normalized spacial score (nSPS) is 21.8. The number of benzene rings is 1. The Morgan fingerprint density at radius 1 is 1.34 bits per heavy atom. The molecule has 2 aliphatic rings. The van der Waals surface area contributed by atoms with Crippen molar-refractivity contribution in [3.05, 3.63) is 76.8 Å². The maximum absolute atomic E-state index is 12.6. The largest absolute Gasteiger partial charge is 0.493 e. The van der Waals surface area contributed by atoms with Crippen molar-refractivity contribution in [2.75, 3.05) is 19.8 Å². The van der Waals surface area contributed by atoms with E-state index in [1.54, 1.807) is 30.3 Å². The first kappa shape index (κ1) is 25.2. The van der Waals surface area contributed by atoms with Gasteiger partial charge >= 0.3 is 5.97 Å². The second-order valence-corrected chi connectivity index (χ2v) is 8.11. The number of carboxylic acids is 1. The average molecular weight is 475 g/mol. The number of allylic oxidation sites excluding steroid dienone is 4. The molecule has 8 nitrogen and oxygen atoms in total. The molecule has 0 spiro atoms. The van der Waals surface area contributed by atoms with Gasteiger partial charge in [-0.25, -0.2) is 0 Å². The van der Waals surface area contributed by atoms with Crippen molar-refractivity contribution >= 4 is 11.9 Å². The summed E-state index contributed by atoms with van der Waals surface area (Å²) < 4.78 is 16.8. The predicted molar refractivity (Wildman–Crippen MR) is 128 cm³/mol. The van der Waals surface area contributed by atoms with Crippen LogP contribution in [0.3, 0.4) is 0 Å². The number of carboxylic acid groups (broad SMARTS) is 1. The smallest absolute Gasteiger partial charge is 0.311 e. The minimum Gasteiger partial charge on any atom is -0.493 e. The summed E-state index contributed by atoms with van der Waals surface area (Å²) in [5, 5.41) is 21.5. The predicted octanol–water partition coefficient (Wildman–Crippen LogP) is 3.50. The van der Waals surface area contributed by atoms with Crippen LogP contribution in [-0.4, -0.2) is 42.8 Å². The molecule has 3 rings (SSSR count). The molecule has 1 fully saturated rings. The van der Waals surface area contributed by atoms with Gasteiger partial charge in [0.15, 0.2) is 5.76 Å². The van der Waals surface area contributed by atoms with Gasteiger partial charge in [-0.3, -0.25) is 9.59 Å². The van der Waals surface area contributed by atoms with Gasteiger partial charge in [-0.2, -0.15) is 5.26 Å². The van der Waals surface area contributed by atoms with Crippen LogP contribution in [-0.2, 0) is 14.3 Å². The van der Waals surface area contributed by atoms with Crippen LogP contribution in [0.1, 0.15) is 30.1 Å². The Morgan fingerprint density at radius 2 is 2.09 bits per heavy atom. The SMILES string of the molecule is C#CC1=C(C)CC(NC(=O)c2ccc(OC/C=C3/OCCC(C(=O)O)/C3=C/C(=C)C#N)cc2)CO1. The molecule has 180 valence electrons. The molecule has 2 heterocycles. The Kier molecular flexibility index (Phi) is 8.37. The number of aliphatic carboxylic acids is 1. The van der Waals surface area contributed by atoms with Crippen LogP contribution < -0.4 is 10.1 Å². The average Bonchev–Trinajstić information content (AvgIpc) is 2.85. The summed E-state index contributed by atoms with van der Waals surface area (Å²) in [5.41, 5.74) is 1.92. The zero-order valence-electron chi connectivity index (χ0n) is 19.4. The molecule has 2 N–H and O–H groups in total. The zero-order valence-corrected chi connectivity index (χ0v) is 19.4. The molecule has 1 aromatic carbocycles. The third-order valence-corrected chi connectivity index (χ3v) is 5.57. The summed E-state index contributed by atoms with van der Waals surface area (Å²) in [6, 6.07) is 8.37. The number of nitriles is 1. The van der Waals surface area contributed by atoms with Gasteiger partial charge in [-0.05, 0) is 67.7 Å². The van der Waals surface area contributed by atoms with E-state index in [-0.39, 0.29) is 30.7 Å². The summed E-state index contributed by atoms with van der Waals surface area (Å²) in [6.45, 7) is 6.15. The second kappa shape index (κ2) is 11.6. The maximum atomic E-state index is 12.6. The quantitative estimate of drug-likeness (QED) is 0.459. The first-order valence-electron chi connectivity index (χ1n) is 11.0. The maximum Gasteiger partial charge on any atom is 0.311 e. The fourth-order valence-corrected chi connectivity index (χ4v) is 3.79. The molecule has 2 atom stereocenters. The number of terminal acetylenes is 1. The van der Waals surface area contributed by atoms with Gasteiger partial charge in [0.1, 0.15) is 24.7 Å². The van der Waals surface area contributed by atoms with Crippen molar-refractivity contribution in [1.29, 1.82) is 5.26 Å². The molecule has 35 heavy (non-hydrogen) atoms. The lowest BCUT2D eigenvalue weighted by molar-refractivity contribution is -0.141. The van der Waals surface area contributed by atoms with E-state index in [2.05, 4.69) is 17.8 Å². The van der Waals surface area contributed by atoms with Gasteiger partial charge in [0.05, 0.1) is 24.6 Å². The van der Waals surface area contributed by atoms with E-state index >= 15 is 0 Å². The first-order chi connectivity index (χ1) is 16.8. The monoisotopic (exact) mass is 474 g/mol. The summed E-state index contributed by atoms with van der Waals surface area (Å²) >= 11 is 0. The van der Waals surface area contributed by atoms with E-state index < -0.39 is 11.9 Å². The molecule has 0 radical (unpaired) electrons. The van der Waals surface area contributed by atoms with Gasteiger partial charge < -0.3 is 24.6 Å². The lowest BCUT2D eigenvalue weighted by atomic mass is 9.90. The lowest BCUT2D eigenvalue weighted by Crippen LogP contribution is -2.40. The van der Waals surface area contributed by atoms with Crippen LogP contribution >= 0.6 is 0 Å². The fraction of sp³-hybridized carbons (Fsp3) is 0.296. The van der Waals surface area contributed by atoms with E-state index in [0.29, 0.717) is 47.9 Å². The van der Waals surface area contributed by atoms with Crippen LogP contribution in [0.2, 0.25) is 0 Å². The highest BCUT2D eigenvalue weighted by Gasteiger charge is 2.30. The summed E-state index contributed by atoms with van der Waals surface area (Å²) in [7, 11) is 0. The van der Waals surface area contributed by atoms with Crippen LogP contribution in [0.25, 0.3) is 0 Å². The summed E-state index contributed by atoms with van der Waals surface area (Å²) in [6.07, 6.45) is 9.37. The van der Waals surface area contributed by atoms with E-state index in [1.165, 1.54) is 6.08 Å². The van der Waals surface area contributed by atoms with Crippen molar-refractivity contribution in [1.82, 2.24) is 5.32 Å². The van der Waals surface area contributed by atoms with E-state index in [0.717, 1.165) is 5.57 Å². The van der Waals surface area contributed by atoms with Crippen molar-refractivity contribution in [3.8, 4) is 24.2 Å². The van der Waals surface area contributed by atoms with Crippen molar-refractivity contribution in [2.45, 2.75) is 25.8 Å². The van der Waals surface area contributed by atoms with Gasteiger partial charge in [0.25, 0.3) is 5.91 Å². The molecule has 2 aliphatic heterocycles. The number of hydrogen-bond acceptors (Lipinski definition) is 6. The number of nitrogens with zero attached hydrogens (tertiary/aromatic N) is 1. The highest BCUT2D eigenvalue weighted by Crippen LogP contribution is 2.30. The minimum absolute atomic E-state index is 0.103. The number of nitrogens with one attached hydrogen (secondary N) is 1. The first-order valence-corrected chi connectivity index (χ1v) is 11.0. The van der Waals surface area contributed by atoms with Gasteiger partial charge in [-0.1, -0.05) is 6.58 Å². The highest BCUT2D eigenvalue weighted by atomic mass is 16.5. The van der Waals surface area contributed by atoms with Crippen LogP contribution in [0.15, 0.2) is 71.2 Å². The zero-order chi connectivity index (χ0) is 25.4. The Morgan fingerprint density at radius 3 is 2.71 bits per heavy atom. The number of ether oxygens (including phenoxy) is 3. The standard InChI is InChI=1S/C27H26N2O6/c1-4-24-18(3)14-20(16-35-24)29-26(30)19-5-7-21(8-6-19)33-12-10-25-23(13-17(2)15-28)22(27(31)32)9-11-34-25/h1,5-8,10,13,20,22H,2,9,11-12,14,16H2,3H3,(H,29,30)(H,31,32)/b23-13-,25-10+. The molecule has 1 aromatic rings. The minimum atomic E-state index is -0.992. The van der Waals surface area contributed by atoms with Crippen molar-refractivity contribution in [3.63, 3.8) is 0 Å². The summed E-state index contributed by atoms with van der Waals surface area (Å²) in [4.78, 5) is 24.2. The van der Waals surface area contributed by atoms with Gasteiger partial charge in [0.2, 0.25) is 0 Å². The second-order valence-electron chi connectivity index (χ2n) is 8.11. The number of carbonyl (C=O) groups excluding carboxylic acids is 1. The highest BCUT2D eigenvalue weighted by molar-refractivity contribution is 5.94.